The van der Waals surface area contributed by atoms with E-state index in [1.165, 1.54) is 17.9 Å². The standard InChI is InChI=1S/C25H23ClN4O4/c1-17-10-20(16-33-2)23(12-27)25(32)30(17)14-24(31)29-28-13-19-4-3-5-22(11-19)34-15-18-6-8-21(26)9-7-18/h3-11,13H,14-16H2,1-2H3,(H,29,31)/b28-13+. The molecular weight excluding hydrogens is 456 g/mol. The second-order valence-corrected chi connectivity index (χ2v) is 7.84. The summed E-state index contributed by atoms with van der Waals surface area (Å²) in [5.41, 5.74) is 4.55. The average molecular weight is 479 g/mol. The lowest BCUT2D eigenvalue weighted by Gasteiger charge is -2.12. The summed E-state index contributed by atoms with van der Waals surface area (Å²) in [6.07, 6.45) is 1.48. The zero-order valence-electron chi connectivity index (χ0n) is 18.7. The predicted molar refractivity (Wildman–Crippen MR) is 129 cm³/mol. The number of hydrazone groups is 1. The Morgan fingerprint density at radius 2 is 1.97 bits per heavy atom. The number of hydrogen-bond donors (Lipinski definition) is 1. The van der Waals surface area contributed by atoms with Crippen LogP contribution in [0.15, 0.2) is 64.5 Å². The number of methoxy groups -OCH3 is 1. The van der Waals surface area contributed by atoms with E-state index in [2.05, 4.69) is 10.5 Å². The molecule has 0 aliphatic heterocycles. The molecule has 0 saturated heterocycles. The summed E-state index contributed by atoms with van der Waals surface area (Å²) < 4.78 is 12.1. The van der Waals surface area contributed by atoms with E-state index in [9.17, 15) is 14.9 Å². The maximum Gasteiger partial charge on any atom is 0.269 e. The minimum Gasteiger partial charge on any atom is -0.489 e. The van der Waals surface area contributed by atoms with Crippen LogP contribution in [0.2, 0.25) is 5.02 Å². The molecule has 0 aliphatic carbocycles. The molecule has 1 aromatic heterocycles. The SMILES string of the molecule is COCc1cc(C)n(CC(=O)N/N=C/c2cccc(OCc3ccc(Cl)cc3)c2)c(=O)c1C#N. The van der Waals surface area contributed by atoms with Crippen molar-refractivity contribution in [3.8, 4) is 11.8 Å². The molecule has 0 fully saturated rings. The molecule has 3 rings (SSSR count). The van der Waals surface area contributed by atoms with Crippen molar-refractivity contribution >= 4 is 23.7 Å². The van der Waals surface area contributed by atoms with E-state index >= 15 is 0 Å². The van der Waals surface area contributed by atoms with Crippen LogP contribution in [0.25, 0.3) is 0 Å². The summed E-state index contributed by atoms with van der Waals surface area (Å²) in [6, 6.07) is 18.2. The van der Waals surface area contributed by atoms with Crippen LogP contribution >= 0.6 is 11.6 Å². The Hall–Kier alpha value is -3.93. The van der Waals surface area contributed by atoms with Gasteiger partial charge in [-0.1, -0.05) is 35.9 Å². The Morgan fingerprint density at radius 3 is 2.68 bits per heavy atom. The maximum absolute atomic E-state index is 12.6. The van der Waals surface area contributed by atoms with Gasteiger partial charge < -0.3 is 14.0 Å². The molecule has 2 aromatic carbocycles. The molecule has 0 spiro atoms. The number of carbonyl (C=O) groups excluding carboxylic acids is 1. The minimum atomic E-state index is -0.542. The zero-order chi connectivity index (χ0) is 24.5. The topological polar surface area (TPSA) is 106 Å². The van der Waals surface area contributed by atoms with Crippen molar-refractivity contribution in [1.29, 1.82) is 5.26 Å². The predicted octanol–water partition coefficient (Wildman–Crippen LogP) is 3.56. The van der Waals surface area contributed by atoms with Crippen molar-refractivity contribution < 1.29 is 14.3 Å². The molecule has 34 heavy (non-hydrogen) atoms. The lowest BCUT2D eigenvalue weighted by atomic mass is 10.1. The lowest BCUT2D eigenvalue weighted by Crippen LogP contribution is -2.33. The Kier molecular flexibility index (Phi) is 8.57. The number of halogens is 1. The van der Waals surface area contributed by atoms with Crippen molar-refractivity contribution in [3.05, 3.63) is 97.9 Å². The number of pyridine rings is 1. The van der Waals surface area contributed by atoms with Crippen molar-refractivity contribution in [2.75, 3.05) is 7.11 Å². The fraction of sp³-hybridized carbons (Fsp3) is 0.200. The Morgan fingerprint density at radius 1 is 1.21 bits per heavy atom. The van der Waals surface area contributed by atoms with Crippen LogP contribution in [0.5, 0.6) is 5.75 Å². The van der Waals surface area contributed by atoms with Crippen LogP contribution in [0.1, 0.15) is 27.9 Å². The van der Waals surface area contributed by atoms with Gasteiger partial charge in [0.25, 0.3) is 11.5 Å². The molecular formula is C25H23ClN4O4. The number of nitrogens with zero attached hydrogens (tertiary/aromatic N) is 3. The molecule has 0 radical (unpaired) electrons. The smallest absolute Gasteiger partial charge is 0.269 e. The highest BCUT2D eigenvalue weighted by molar-refractivity contribution is 6.30. The number of amides is 1. The third kappa shape index (κ3) is 6.54. The fourth-order valence-corrected chi connectivity index (χ4v) is 3.34. The highest BCUT2D eigenvalue weighted by Gasteiger charge is 2.14. The first-order valence-electron chi connectivity index (χ1n) is 10.3. The number of benzene rings is 2. The number of carbonyl (C=O) groups is 1. The molecule has 9 heteroatoms. The fourth-order valence-electron chi connectivity index (χ4n) is 3.21. The van der Waals surface area contributed by atoms with Gasteiger partial charge in [-0.05, 0) is 48.4 Å². The third-order valence-corrected chi connectivity index (χ3v) is 5.13. The van der Waals surface area contributed by atoms with Gasteiger partial charge in [0.1, 0.15) is 30.5 Å². The van der Waals surface area contributed by atoms with Crippen molar-refractivity contribution in [2.45, 2.75) is 26.7 Å². The van der Waals surface area contributed by atoms with Gasteiger partial charge in [-0.15, -0.1) is 0 Å². The lowest BCUT2D eigenvalue weighted by molar-refractivity contribution is -0.121. The van der Waals surface area contributed by atoms with Gasteiger partial charge >= 0.3 is 0 Å². The number of aromatic nitrogens is 1. The van der Waals surface area contributed by atoms with E-state index in [-0.39, 0.29) is 18.7 Å². The molecule has 0 saturated carbocycles. The molecule has 0 atom stereocenters. The molecule has 0 bridgehead atoms. The summed E-state index contributed by atoms with van der Waals surface area (Å²) >= 11 is 5.89. The van der Waals surface area contributed by atoms with Crippen LogP contribution < -0.4 is 15.7 Å². The van der Waals surface area contributed by atoms with E-state index in [1.807, 2.05) is 36.4 Å². The van der Waals surface area contributed by atoms with E-state index in [1.54, 1.807) is 31.2 Å². The van der Waals surface area contributed by atoms with Crippen molar-refractivity contribution in [1.82, 2.24) is 9.99 Å². The normalized spacial score (nSPS) is 10.8. The van der Waals surface area contributed by atoms with Gasteiger partial charge in [0, 0.05) is 23.4 Å². The molecule has 0 aliphatic rings. The van der Waals surface area contributed by atoms with Crippen LogP contribution in [-0.4, -0.2) is 23.8 Å². The largest absolute Gasteiger partial charge is 0.489 e. The summed E-state index contributed by atoms with van der Waals surface area (Å²) in [7, 11) is 1.48. The average Bonchev–Trinajstić information content (AvgIpc) is 2.82. The number of hydrogen-bond acceptors (Lipinski definition) is 6. The molecule has 1 amide bonds. The quantitative estimate of drug-likeness (QED) is 0.374. The van der Waals surface area contributed by atoms with Crippen LogP contribution in [-0.2, 0) is 29.3 Å². The Balaban J connectivity index is 1.61. The highest BCUT2D eigenvalue weighted by atomic mass is 35.5. The summed E-state index contributed by atoms with van der Waals surface area (Å²) in [6.45, 7) is 1.94. The third-order valence-electron chi connectivity index (χ3n) is 4.88. The highest BCUT2D eigenvalue weighted by Crippen LogP contribution is 2.16. The summed E-state index contributed by atoms with van der Waals surface area (Å²) in [4.78, 5) is 25.0. The van der Waals surface area contributed by atoms with Gasteiger partial charge in [0.2, 0.25) is 0 Å². The first kappa shape index (κ1) is 24.7. The van der Waals surface area contributed by atoms with Gasteiger partial charge in [-0.2, -0.15) is 10.4 Å². The zero-order valence-corrected chi connectivity index (χ0v) is 19.5. The number of ether oxygens (including phenoxy) is 2. The molecule has 1 N–H and O–H groups in total. The molecule has 174 valence electrons. The van der Waals surface area contributed by atoms with Crippen LogP contribution in [0.4, 0.5) is 0 Å². The van der Waals surface area contributed by atoms with Crippen LogP contribution in [0.3, 0.4) is 0 Å². The first-order chi connectivity index (χ1) is 16.4. The van der Waals surface area contributed by atoms with Crippen LogP contribution in [0, 0.1) is 18.3 Å². The molecule has 8 nitrogen and oxygen atoms in total. The first-order valence-corrected chi connectivity index (χ1v) is 10.7. The molecule has 1 heterocycles. The van der Waals surface area contributed by atoms with E-state index < -0.39 is 11.5 Å². The summed E-state index contributed by atoms with van der Waals surface area (Å²) in [5.74, 6) is 0.146. The maximum atomic E-state index is 12.6. The second-order valence-electron chi connectivity index (χ2n) is 7.40. The van der Waals surface area contributed by atoms with Crippen molar-refractivity contribution in [3.63, 3.8) is 0 Å². The van der Waals surface area contributed by atoms with E-state index in [0.717, 1.165) is 11.1 Å². The number of nitrogens with one attached hydrogen (secondary N) is 1. The van der Waals surface area contributed by atoms with E-state index in [0.29, 0.717) is 28.6 Å². The van der Waals surface area contributed by atoms with Gasteiger partial charge in [-0.25, -0.2) is 5.43 Å². The van der Waals surface area contributed by atoms with Crippen molar-refractivity contribution in [2.24, 2.45) is 5.10 Å². The van der Waals surface area contributed by atoms with Gasteiger partial charge in [0.15, 0.2) is 0 Å². The number of aryl methyl sites for hydroxylation is 1. The summed E-state index contributed by atoms with van der Waals surface area (Å²) in [5, 5.41) is 13.9. The van der Waals surface area contributed by atoms with E-state index in [4.69, 9.17) is 21.1 Å². The molecule has 0 unspecified atom stereocenters. The Labute approximate surface area is 202 Å². The monoisotopic (exact) mass is 478 g/mol. The number of rotatable bonds is 9. The van der Waals surface area contributed by atoms with Gasteiger partial charge in [0.05, 0.1) is 12.8 Å². The molecule has 3 aromatic rings. The Bertz CT molecular complexity index is 1290. The number of nitriles is 1. The second kappa shape index (κ2) is 11.8. The van der Waals surface area contributed by atoms with Gasteiger partial charge in [-0.3, -0.25) is 9.59 Å². The minimum absolute atomic E-state index is 0.0424.